The molecule has 130 valence electrons. The predicted octanol–water partition coefficient (Wildman–Crippen LogP) is 4.03. The van der Waals surface area contributed by atoms with E-state index in [1.54, 1.807) is 7.11 Å². The van der Waals surface area contributed by atoms with Gasteiger partial charge in [0.15, 0.2) is 0 Å². The summed E-state index contributed by atoms with van der Waals surface area (Å²) in [6.45, 7) is 7.92. The Balaban J connectivity index is 3.52. The minimum atomic E-state index is -0.969. The van der Waals surface area contributed by atoms with Crippen molar-refractivity contribution in [2.24, 2.45) is 11.7 Å². The van der Waals surface area contributed by atoms with Gasteiger partial charge in [-0.15, -0.1) is 0 Å². The third kappa shape index (κ3) is 4.81. The third-order valence-corrected chi connectivity index (χ3v) is 4.70. The summed E-state index contributed by atoms with van der Waals surface area (Å²) in [6.07, 6.45) is -0.175. The molecule has 0 saturated carbocycles. The maximum absolute atomic E-state index is 11.4. The molecule has 0 aromatic heterocycles. The van der Waals surface area contributed by atoms with Gasteiger partial charge in [-0.2, -0.15) is 0 Å². The molecule has 1 unspecified atom stereocenters. The van der Waals surface area contributed by atoms with Crippen molar-refractivity contribution in [1.82, 2.24) is 0 Å². The second-order valence-corrected chi connectivity index (χ2v) is 7.55. The van der Waals surface area contributed by atoms with Crippen LogP contribution < -0.4 is 5.73 Å². The monoisotopic (exact) mass is 435 g/mol. The molecule has 0 bridgehead atoms. The van der Waals surface area contributed by atoms with E-state index < -0.39 is 17.3 Å². The number of carbonyl (C=O) groups excluding carboxylic acids is 1. The van der Waals surface area contributed by atoms with E-state index in [4.69, 9.17) is 19.9 Å². The number of rotatable bonds is 8. The van der Waals surface area contributed by atoms with Crippen LogP contribution in [0.1, 0.15) is 39.7 Å². The summed E-state index contributed by atoms with van der Waals surface area (Å²) >= 11 is 2.27. The molecule has 1 aromatic carbocycles. The molecule has 0 aliphatic heterocycles. The molecule has 0 radical (unpaired) electrons. The molecule has 1 atom stereocenters. The lowest BCUT2D eigenvalue weighted by molar-refractivity contribution is -0.222. The largest absolute Gasteiger partial charge is 0.440 e. The molecule has 0 fully saturated rings. The molecule has 0 heterocycles. The van der Waals surface area contributed by atoms with Gasteiger partial charge in [0.05, 0.1) is 0 Å². The van der Waals surface area contributed by atoms with Crippen LogP contribution >= 0.6 is 22.6 Å². The van der Waals surface area contributed by atoms with E-state index in [1.807, 2.05) is 38.1 Å². The number of carbonyl (C=O) groups is 1. The molecular weight excluding hydrogens is 409 g/mol. The number of hydrogen-bond acceptors (Lipinski definition) is 4. The quantitative estimate of drug-likeness (QED) is 0.495. The average Bonchev–Trinajstić information content (AvgIpc) is 2.42. The molecule has 5 nitrogen and oxygen atoms in total. The van der Waals surface area contributed by atoms with Crippen LogP contribution in [0.25, 0.3) is 0 Å². The van der Waals surface area contributed by atoms with Gasteiger partial charge < -0.3 is 19.9 Å². The fourth-order valence-corrected chi connectivity index (χ4v) is 3.67. The van der Waals surface area contributed by atoms with Gasteiger partial charge in [-0.3, -0.25) is 0 Å². The molecule has 1 aromatic rings. The van der Waals surface area contributed by atoms with Crippen LogP contribution in [0.4, 0.5) is 4.79 Å². The first-order valence-corrected chi connectivity index (χ1v) is 8.60. The average molecular weight is 435 g/mol. The molecule has 23 heavy (non-hydrogen) atoms. The van der Waals surface area contributed by atoms with Gasteiger partial charge >= 0.3 is 6.09 Å². The first-order valence-electron chi connectivity index (χ1n) is 7.52. The SMILES string of the molecule is COCOC(CC(C)C)(c1ccccc1I)C(C)(C)OC(N)=O. The predicted molar refractivity (Wildman–Crippen MR) is 98.0 cm³/mol. The Labute approximate surface area is 152 Å². The first kappa shape index (κ1) is 20.2. The molecule has 6 heteroatoms. The summed E-state index contributed by atoms with van der Waals surface area (Å²) in [4.78, 5) is 11.4. The van der Waals surface area contributed by atoms with E-state index in [0.29, 0.717) is 12.3 Å². The van der Waals surface area contributed by atoms with Gasteiger partial charge in [0.25, 0.3) is 0 Å². The van der Waals surface area contributed by atoms with Crippen LogP contribution in [-0.4, -0.2) is 25.6 Å². The van der Waals surface area contributed by atoms with Gasteiger partial charge in [0.1, 0.15) is 18.0 Å². The van der Waals surface area contributed by atoms with Crippen molar-refractivity contribution in [2.75, 3.05) is 13.9 Å². The summed E-state index contributed by atoms with van der Waals surface area (Å²) in [5.41, 5.74) is 4.42. The van der Waals surface area contributed by atoms with Gasteiger partial charge in [-0.25, -0.2) is 4.79 Å². The number of hydrogen-bond donors (Lipinski definition) is 1. The maximum Gasteiger partial charge on any atom is 0.405 e. The van der Waals surface area contributed by atoms with E-state index in [9.17, 15) is 4.79 Å². The standard InChI is InChI=1S/C17H26INO4/c1-12(2)10-17(22-11-21-5,16(3,4)23-15(19)20)13-8-6-7-9-14(13)18/h6-9,12H,10-11H2,1-5H3,(H2,19,20). The normalized spacial score (nSPS) is 14.6. The van der Waals surface area contributed by atoms with Gasteiger partial charge in [0, 0.05) is 16.2 Å². The lowest BCUT2D eigenvalue weighted by atomic mass is 9.74. The van der Waals surface area contributed by atoms with Crippen molar-refractivity contribution in [3.8, 4) is 0 Å². The Hall–Kier alpha value is -0.860. The fraction of sp³-hybridized carbons (Fsp3) is 0.588. The summed E-state index contributed by atoms with van der Waals surface area (Å²) in [6, 6.07) is 7.90. The third-order valence-electron chi connectivity index (χ3n) is 3.76. The summed E-state index contributed by atoms with van der Waals surface area (Å²) in [7, 11) is 1.57. The maximum atomic E-state index is 11.4. The Kier molecular flexibility index (Phi) is 7.29. The molecule has 1 amide bonds. The van der Waals surface area contributed by atoms with Gasteiger partial charge in [0.2, 0.25) is 0 Å². The second kappa shape index (κ2) is 8.30. The lowest BCUT2D eigenvalue weighted by Gasteiger charge is -2.46. The number of nitrogens with two attached hydrogens (primary N) is 1. The van der Waals surface area contributed by atoms with Crippen LogP contribution in [-0.2, 0) is 19.8 Å². The molecule has 0 spiro atoms. The Morgan fingerprint density at radius 2 is 1.91 bits per heavy atom. The van der Waals surface area contributed by atoms with Gasteiger partial charge in [-0.1, -0.05) is 32.0 Å². The highest BCUT2D eigenvalue weighted by atomic mass is 127. The summed E-state index contributed by atoms with van der Waals surface area (Å²) in [5, 5.41) is 0. The molecule has 2 N–H and O–H groups in total. The van der Waals surface area contributed by atoms with Gasteiger partial charge in [-0.05, 0) is 54.8 Å². The highest BCUT2D eigenvalue weighted by Crippen LogP contribution is 2.45. The zero-order valence-electron chi connectivity index (χ0n) is 14.4. The van der Waals surface area contributed by atoms with E-state index >= 15 is 0 Å². The number of primary amides is 1. The summed E-state index contributed by atoms with van der Waals surface area (Å²) < 4.78 is 17.8. The second-order valence-electron chi connectivity index (χ2n) is 6.39. The molecule has 0 aliphatic rings. The zero-order chi connectivity index (χ0) is 17.7. The Morgan fingerprint density at radius 3 is 2.39 bits per heavy atom. The van der Waals surface area contributed by atoms with Crippen LogP contribution in [0.3, 0.4) is 0 Å². The number of benzene rings is 1. The Morgan fingerprint density at radius 1 is 1.30 bits per heavy atom. The number of methoxy groups -OCH3 is 1. The van der Waals surface area contributed by atoms with E-state index in [1.165, 1.54) is 0 Å². The van der Waals surface area contributed by atoms with Crippen LogP contribution in [0.15, 0.2) is 24.3 Å². The molecule has 1 rings (SSSR count). The van der Waals surface area contributed by atoms with Crippen molar-refractivity contribution in [2.45, 2.75) is 45.3 Å². The highest BCUT2D eigenvalue weighted by molar-refractivity contribution is 14.1. The molecular formula is C17H26INO4. The van der Waals surface area contributed by atoms with Crippen molar-refractivity contribution >= 4 is 28.7 Å². The van der Waals surface area contributed by atoms with E-state index in [-0.39, 0.29) is 6.79 Å². The van der Waals surface area contributed by atoms with Crippen molar-refractivity contribution in [3.63, 3.8) is 0 Å². The smallest absolute Gasteiger partial charge is 0.405 e. The first-order chi connectivity index (χ1) is 10.7. The lowest BCUT2D eigenvalue weighted by Crippen LogP contribution is -2.54. The minimum absolute atomic E-state index is 0.0866. The van der Waals surface area contributed by atoms with Crippen LogP contribution in [0.5, 0.6) is 0 Å². The summed E-state index contributed by atoms with van der Waals surface area (Å²) in [5.74, 6) is 0.304. The Bertz CT molecular complexity index is 533. The molecule has 0 saturated heterocycles. The zero-order valence-corrected chi connectivity index (χ0v) is 16.5. The number of halogens is 1. The van der Waals surface area contributed by atoms with E-state index in [0.717, 1.165) is 9.13 Å². The van der Waals surface area contributed by atoms with Crippen molar-refractivity contribution in [3.05, 3.63) is 33.4 Å². The minimum Gasteiger partial charge on any atom is -0.440 e. The topological polar surface area (TPSA) is 70.8 Å². The van der Waals surface area contributed by atoms with Crippen molar-refractivity contribution in [1.29, 1.82) is 0 Å². The van der Waals surface area contributed by atoms with E-state index in [2.05, 4.69) is 36.4 Å². The number of ether oxygens (including phenoxy) is 3. The highest BCUT2D eigenvalue weighted by Gasteiger charge is 2.51. The van der Waals surface area contributed by atoms with Crippen LogP contribution in [0, 0.1) is 9.49 Å². The molecule has 0 aliphatic carbocycles. The van der Waals surface area contributed by atoms with Crippen molar-refractivity contribution < 1.29 is 19.0 Å². The van der Waals surface area contributed by atoms with Crippen LogP contribution in [0.2, 0.25) is 0 Å². The number of amides is 1. The fourth-order valence-electron chi connectivity index (χ4n) is 2.85.